The normalized spacial score (nSPS) is 12.0. The van der Waals surface area contributed by atoms with E-state index in [2.05, 4.69) is 15.6 Å². The van der Waals surface area contributed by atoms with Gasteiger partial charge in [0, 0.05) is 19.0 Å². The molecule has 2 heterocycles. The highest BCUT2D eigenvalue weighted by molar-refractivity contribution is 6.33. The van der Waals surface area contributed by atoms with Crippen molar-refractivity contribution in [1.29, 1.82) is 0 Å². The second-order valence-electron chi connectivity index (χ2n) is 4.72. The Bertz CT molecular complexity index is 599. The van der Waals surface area contributed by atoms with Gasteiger partial charge < -0.3 is 15.1 Å². The Kier molecular flexibility index (Phi) is 5.22. The molecule has 0 radical (unpaired) electrons. The zero-order valence-electron chi connectivity index (χ0n) is 12.0. The second kappa shape index (κ2) is 7.13. The molecule has 0 aliphatic heterocycles. The van der Waals surface area contributed by atoms with E-state index in [0.717, 1.165) is 12.3 Å². The van der Waals surface area contributed by atoms with Crippen LogP contribution in [0.15, 0.2) is 34.9 Å². The van der Waals surface area contributed by atoms with E-state index < -0.39 is 0 Å². The van der Waals surface area contributed by atoms with E-state index in [9.17, 15) is 4.79 Å². The molecule has 1 amide bonds. The van der Waals surface area contributed by atoms with Crippen LogP contribution >= 0.6 is 11.6 Å². The van der Waals surface area contributed by atoms with Crippen LogP contribution < -0.4 is 10.6 Å². The molecule has 0 spiro atoms. The summed E-state index contributed by atoms with van der Waals surface area (Å²) in [7, 11) is 0. The number of anilines is 1. The first-order chi connectivity index (χ1) is 10.1. The predicted octanol–water partition coefficient (Wildman–Crippen LogP) is 3.12. The zero-order valence-corrected chi connectivity index (χ0v) is 12.8. The van der Waals surface area contributed by atoms with Gasteiger partial charge in [0.25, 0.3) is 5.91 Å². The van der Waals surface area contributed by atoms with E-state index >= 15 is 0 Å². The lowest BCUT2D eigenvalue weighted by molar-refractivity contribution is 0.0934. The maximum absolute atomic E-state index is 12.2. The number of nitrogens with one attached hydrogen (secondary N) is 2. The Morgan fingerprint density at radius 3 is 2.90 bits per heavy atom. The molecule has 0 fully saturated rings. The molecule has 0 aromatic carbocycles. The molecule has 2 aromatic rings. The van der Waals surface area contributed by atoms with Crippen LogP contribution in [0, 0.1) is 0 Å². The van der Waals surface area contributed by atoms with Gasteiger partial charge in [-0.1, -0.05) is 11.6 Å². The lowest BCUT2D eigenvalue weighted by atomic mass is 10.2. The number of carbonyl (C=O) groups is 1. The van der Waals surface area contributed by atoms with E-state index in [4.69, 9.17) is 16.0 Å². The van der Waals surface area contributed by atoms with E-state index in [1.165, 1.54) is 0 Å². The van der Waals surface area contributed by atoms with Crippen LogP contribution in [0.1, 0.15) is 30.1 Å². The molecule has 0 saturated carbocycles. The Morgan fingerprint density at radius 1 is 1.43 bits per heavy atom. The van der Waals surface area contributed by atoms with Crippen molar-refractivity contribution in [3.63, 3.8) is 0 Å². The number of rotatable bonds is 6. The molecular formula is C15H18ClN3O2. The number of furan rings is 1. The van der Waals surface area contributed by atoms with Gasteiger partial charge in [0.1, 0.15) is 17.3 Å². The van der Waals surface area contributed by atoms with E-state index in [0.29, 0.717) is 17.3 Å². The molecule has 112 valence electrons. The van der Waals surface area contributed by atoms with Crippen molar-refractivity contribution >= 4 is 23.3 Å². The van der Waals surface area contributed by atoms with Gasteiger partial charge in [-0.15, -0.1) is 0 Å². The Labute approximate surface area is 128 Å². The van der Waals surface area contributed by atoms with Crippen LogP contribution in [0.2, 0.25) is 5.02 Å². The van der Waals surface area contributed by atoms with E-state index in [1.54, 1.807) is 18.4 Å². The smallest absolute Gasteiger partial charge is 0.271 e. The van der Waals surface area contributed by atoms with Gasteiger partial charge in [-0.05, 0) is 38.1 Å². The fraction of sp³-hybridized carbons (Fsp3) is 0.333. The fourth-order valence-corrected chi connectivity index (χ4v) is 2.15. The monoisotopic (exact) mass is 307 g/mol. The van der Waals surface area contributed by atoms with Gasteiger partial charge in [-0.3, -0.25) is 4.79 Å². The van der Waals surface area contributed by atoms with Crippen LogP contribution in [0.4, 0.5) is 5.82 Å². The van der Waals surface area contributed by atoms with Crippen molar-refractivity contribution in [2.24, 2.45) is 0 Å². The van der Waals surface area contributed by atoms with Gasteiger partial charge >= 0.3 is 0 Å². The predicted molar refractivity (Wildman–Crippen MR) is 82.8 cm³/mol. The Balaban J connectivity index is 2.03. The van der Waals surface area contributed by atoms with Gasteiger partial charge in [0.05, 0.1) is 11.3 Å². The van der Waals surface area contributed by atoms with Crippen molar-refractivity contribution in [3.05, 3.63) is 47.0 Å². The molecule has 2 N–H and O–H groups in total. The number of hydrogen-bond donors (Lipinski definition) is 2. The third-order valence-electron chi connectivity index (χ3n) is 2.88. The topological polar surface area (TPSA) is 67.2 Å². The first-order valence-corrected chi connectivity index (χ1v) is 7.21. The minimum Gasteiger partial charge on any atom is -0.469 e. The molecule has 0 bridgehead atoms. The van der Waals surface area contributed by atoms with Crippen LogP contribution in [0.5, 0.6) is 0 Å². The van der Waals surface area contributed by atoms with E-state index in [1.807, 2.05) is 26.0 Å². The molecule has 0 aliphatic carbocycles. The summed E-state index contributed by atoms with van der Waals surface area (Å²) in [5.74, 6) is 1.16. The molecule has 2 rings (SSSR count). The lowest BCUT2D eigenvalue weighted by Crippen LogP contribution is -2.34. The third-order valence-corrected chi connectivity index (χ3v) is 3.19. The summed E-state index contributed by atoms with van der Waals surface area (Å²) >= 11 is 6.05. The molecule has 1 atom stereocenters. The molecule has 5 nitrogen and oxygen atoms in total. The second-order valence-corrected chi connectivity index (χ2v) is 5.12. The SMILES string of the molecule is CCNc1ccc(Cl)c(C(=O)NC(C)Cc2ccco2)n1. The van der Waals surface area contributed by atoms with Gasteiger partial charge in [0.15, 0.2) is 0 Å². The molecule has 6 heteroatoms. The molecule has 21 heavy (non-hydrogen) atoms. The van der Waals surface area contributed by atoms with Crippen LogP contribution in [-0.4, -0.2) is 23.5 Å². The van der Waals surface area contributed by atoms with Gasteiger partial charge in [-0.2, -0.15) is 0 Å². The highest BCUT2D eigenvalue weighted by atomic mass is 35.5. The maximum atomic E-state index is 12.2. The third kappa shape index (κ3) is 4.23. The molecule has 0 saturated heterocycles. The standard InChI is InChI=1S/C15H18ClN3O2/c1-3-17-13-7-6-12(16)14(19-13)15(20)18-10(2)9-11-5-4-8-21-11/h4-8,10H,3,9H2,1-2H3,(H,17,19)(H,18,20). The molecule has 1 unspecified atom stereocenters. The number of pyridine rings is 1. The van der Waals surface area contributed by atoms with Crippen molar-refractivity contribution < 1.29 is 9.21 Å². The Morgan fingerprint density at radius 2 is 2.24 bits per heavy atom. The molecule has 0 aliphatic rings. The first kappa shape index (κ1) is 15.4. The summed E-state index contributed by atoms with van der Waals surface area (Å²) in [4.78, 5) is 16.5. The summed E-state index contributed by atoms with van der Waals surface area (Å²) < 4.78 is 5.26. The summed E-state index contributed by atoms with van der Waals surface area (Å²) in [6, 6.07) is 7.03. The van der Waals surface area contributed by atoms with Crippen LogP contribution in [-0.2, 0) is 6.42 Å². The highest BCUT2D eigenvalue weighted by Crippen LogP contribution is 2.17. The van der Waals surface area contributed by atoms with Gasteiger partial charge in [-0.25, -0.2) is 4.98 Å². The zero-order chi connectivity index (χ0) is 15.2. The highest BCUT2D eigenvalue weighted by Gasteiger charge is 2.16. The summed E-state index contributed by atoms with van der Waals surface area (Å²) in [5.41, 5.74) is 0.224. The lowest BCUT2D eigenvalue weighted by Gasteiger charge is -2.13. The summed E-state index contributed by atoms with van der Waals surface area (Å²) in [6.45, 7) is 4.59. The number of hydrogen-bond acceptors (Lipinski definition) is 4. The summed E-state index contributed by atoms with van der Waals surface area (Å²) in [5, 5.41) is 6.26. The minimum atomic E-state index is -0.293. The van der Waals surface area contributed by atoms with Crippen molar-refractivity contribution in [3.8, 4) is 0 Å². The average molecular weight is 308 g/mol. The fourth-order valence-electron chi connectivity index (χ4n) is 1.95. The first-order valence-electron chi connectivity index (χ1n) is 6.83. The van der Waals surface area contributed by atoms with Crippen molar-refractivity contribution in [1.82, 2.24) is 10.3 Å². The largest absolute Gasteiger partial charge is 0.469 e. The minimum absolute atomic E-state index is 0.0793. The van der Waals surface area contributed by atoms with Gasteiger partial charge in [0.2, 0.25) is 0 Å². The molecular weight excluding hydrogens is 290 g/mol. The quantitative estimate of drug-likeness (QED) is 0.860. The number of carbonyl (C=O) groups excluding carboxylic acids is 1. The van der Waals surface area contributed by atoms with Crippen LogP contribution in [0.25, 0.3) is 0 Å². The Hall–Kier alpha value is -2.01. The van der Waals surface area contributed by atoms with Crippen molar-refractivity contribution in [2.45, 2.75) is 26.3 Å². The van der Waals surface area contributed by atoms with Crippen molar-refractivity contribution in [2.75, 3.05) is 11.9 Å². The average Bonchev–Trinajstić information content (AvgIpc) is 2.93. The molecule has 2 aromatic heterocycles. The van der Waals surface area contributed by atoms with E-state index in [-0.39, 0.29) is 17.6 Å². The number of aromatic nitrogens is 1. The van der Waals surface area contributed by atoms with Crippen LogP contribution in [0.3, 0.4) is 0 Å². The number of amides is 1. The number of halogens is 1. The summed E-state index contributed by atoms with van der Waals surface area (Å²) in [6.07, 6.45) is 2.23. The maximum Gasteiger partial charge on any atom is 0.271 e. The number of nitrogens with zero attached hydrogens (tertiary/aromatic N) is 1.